The molecule has 5 heteroatoms. The van der Waals surface area contributed by atoms with E-state index in [4.69, 9.17) is 0 Å². The minimum Gasteiger partial charge on any atom is -0.507 e. The third-order valence-electron chi connectivity index (χ3n) is 4.47. The first-order valence-corrected chi connectivity index (χ1v) is 9.01. The smallest absolute Gasteiger partial charge is 0.259 e. The SMILES string of the molecule is O=C(Nc1ccccc1)c1ccc2cc(O)c(C(=O)Nc3cc[c]cc3)cc2c1. The van der Waals surface area contributed by atoms with Crippen LogP contribution in [0.1, 0.15) is 20.7 Å². The Labute approximate surface area is 167 Å². The molecule has 0 unspecified atom stereocenters. The Bertz CT molecular complexity index is 1190. The summed E-state index contributed by atoms with van der Waals surface area (Å²) in [5, 5.41) is 17.3. The molecule has 0 atom stereocenters. The summed E-state index contributed by atoms with van der Waals surface area (Å²) in [6.07, 6.45) is 0. The number of benzene rings is 4. The van der Waals surface area contributed by atoms with E-state index in [1.807, 2.05) is 18.2 Å². The third kappa shape index (κ3) is 4.09. The van der Waals surface area contributed by atoms with Crippen LogP contribution in [0.15, 0.2) is 84.9 Å². The number of para-hydroxylation sites is 1. The zero-order valence-electron chi connectivity index (χ0n) is 15.3. The molecule has 5 nitrogen and oxygen atoms in total. The minimum atomic E-state index is -0.435. The van der Waals surface area contributed by atoms with E-state index in [2.05, 4.69) is 16.7 Å². The lowest BCUT2D eigenvalue weighted by atomic mass is 10.0. The molecule has 0 saturated heterocycles. The van der Waals surface area contributed by atoms with Crippen molar-refractivity contribution >= 4 is 34.0 Å². The largest absolute Gasteiger partial charge is 0.507 e. The van der Waals surface area contributed by atoms with E-state index in [-0.39, 0.29) is 17.2 Å². The fourth-order valence-corrected chi connectivity index (χ4v) is 3.00. The number of hydrogen-bond acceptors (Lipinski definition) is 3. The van der Waals surface area contributed by atoms with Crippen molar-refractivity contribution in [2.45, 2.75) is 0 Å². The van der Waals surface area contributed by atoms with E-state index >= 15 is 0 Å². The number of rotatable bonds is 4. The van der Waals surface area contributed by atoms with Crippen LogP contribution in [0.2, 0.25) is 0 Å². The van der Waals surface area contributed by atoms with Crippen molar-refractivity contribution in [2.75, 3.05) is 10.6 Å². The second-order valence-electron chi connectivity index (χ2n) is 6.49. The molecule has 1 radical (unpaired) electrons. The maximum atomic E-state index is 12.6. The summed E-state index contributed by atoms with van der Waals surface area (Å²) < 4.78 is 0. The third-order valence-corrected chi connectivity index (χ3v) is 4.47. The minimum absolute atomic E-state index is 0.126. The first-order chi connectivity index (χ1) is 14.1. The number of hydrogen-bond donors (Lipinski definition) is 3. The maximum Gasteiger partial charge on any atom is 0.259 e. The van der Waals surface area contributed by atoms with E-state index in [9.17, 15) is 14.7 Å². The summed E-state index contributed by atoms with van der Waals surface area (Å²) in [6.45, 7) is 0. The number of carbonyl (C=O) groups excluding carboxylic acids is 2. The predicted octanol–water partition coefficient (Wildman–Crippen LogP) is 4.85. The topological polar surface area (TPSA) is 78.4 Å². The fourth-order valence-electron chi connectivity index (χ4n) is 3.00. The highest BCUT2D eigenvalue weighted by Crippen LogP contribution is 2.27. The molecule has 2 amide bonds. The van der Waals surface area contributed by atoms with Crippen LogP contribution < -0.4 is 10.6 Å². The number of fused-ring (bicyclic) bond motifs is 1. The monoisotopic (exact) mass is 381 g/mol. The maximum absolute atomic E-state index is 12.6. The van der Waals surface area contributed by atoms with Gasteiger partial charge in [0.25, 0.3) is 11.8 Å². The molecule has 4 aromatic carbocycles. The summed E-state index contributed by atoms with van der Waals surface area (Å²) in [5.74, 6) is -0.813. The molecule has 0 heterocycles. The van der Waals surface area contributed by atoms with Gasteiger partial charge in [-0.3, -0.25) is 9.59 Å². The van der Waals surface area contributed by atoms with Gasteiger partial charge in [-0.25, -0.2) is 0 Å². The van der Waals surface area contributed by atoms with Crippen LogP contribution in [0, 0.1) is 6.07 Å². The van der Waals surface area contributed by atoms with Gasteiger partial charge in [0.15, 0.2) is 0 Å². The quantitative estimate of drug-likeness (QED) is 0.473. The number of phenolic OH excluding ortho intramolecular Hbond substituents is 1. The fraction of sp³-hybridized carbons (Fsp3) is 0. The van der Waals surface area contributed by atoms with Crippen LogP contribution in [-0.4, -0.2) is 16.9 Å². The Balaban J connectivity index is 1.63. The van der Waals surface area contributed by atoms with Crippen LogP contribution in [-0.2, 0) is 0 Å². The van der Waals surface area contributed by atoms with Crippen LogP contribution in [0.25, 0.3) is 10.8 Å². The summed E-state index contributed by atoms with van der Waals surface area (Å²) >= 11 is 0. The Morgan fingerprint density at radius 2 is 1.41 bits per heavy atom. The lowest BCUT2D eigenvalue weighted by Gasteiger charge is -2.10. The summed E-state index contributed by atoms with van der Waals surface area (Å²) in [4.78, 5) is 25.1. The molecule has 4 rings (SSSR count). The Hall–Kier alpha value is -4.12. The normalized spacial score (nSPS) is 10.5. The summed E-state index contributed by atoms with van der Waals surface area (Å²) in [6, 6.07) is 27.1. The molecule has 29 heavy (non-hydrogen) atoms. The lowest BCUT2D eigenvalue weighted by Crippen LogP contribution is -2.13. The number of phenols is 1. The Kier molecular flexibility index (Phi) is 4.95. The van der Waals surface area contributed by atoms with E-state index in [0.29, 0.717) is 22.3 Å². The van der Waals surface area contributed by atoms with Gasteiger partial charge in [0.1, 0.15) is 5.75 Å². The lowest BCUT2D eigenvalue weighted by molar-refractivity contribution is 0.101. The van der Waals surface area contributed by atoms with E-state index < -0.39 is 5.91 Å². The Morgan fingerprint density at radius 3 is 2.17 bits per heavy atom. The van der Waals surface area contributed by atoms with Gasteiger partial charge in [-0.2, -0.15) is 0 Å². The molecule has 0 aliphatic rings. The highest BCUT2D eigenvalue weighted by atomic mass is 16.3. The Morgan fingerprint density at radius 1 is 0.724 bits per heavy atom. The standard InChI is InChI=1S/C24H17N2O3/c27-22-15-16-11-12-17(23(28)25-19-7-3-1-4-8-19)13-18(16)14-21(22)24(29)26-20-9-5-2-6-10-20/h1,3-15,27H,(H,25,28)(H,26,29). The average molecular weight is 381 g/mol. The summed E-state index contributed by atoms with van der Waals surface area (Å²) in [7, 11) is 0. The van der Waals surface area contributed by atoms with E-state index in [1.165, 1.54) is 6.07 Å². The first kappa shape index (κ1) is 18.3. The van der Waals surface area contributed by atoms with Crippen molar-refractivity contribution in [2.24, 2.45) is 0 Å². The molecule has 0 aromatic heterocycles. The van der Waals surface area contributed by atoms with E-state index in [0.717, 1.165) is 5.39 Å². The van der Waals surface area contributed by atoms with Crippen molar-refractivity contribution in [3.05, 3.63) is 102 Å². The van der Waals surface area contributed by atoms with Crippen molar-refractivity contribution in [1.29, 1.82) is 0 Å². The number of amides is 2. The van der Waals surface area contributed by atoms with Crippen LogP contribution in [0.4, 0.5) is 11.4 Å². The van der Waals surface area contributed by atoms with Crippen molar-refractivity contribution in [1.82, 2.24) is 0 Å². The number of nitrogens with one attached hydrogen (secondary N) is 2. The molecule has 0 aliphatic carbocycles. The average Bonchev–Trinajstić information content (AvgIpc) is 2.74. The van der Waals surface area contributed by atoms with Gasteiger partial charge in [-0.05, 0) is 65.4 Å². The highest BCUT2D eigenvalue weighted by Gasteiger charge is 2.14. The molecule has 4 aromatic rings. The predicted molar refractivity (Wildman–Crippen MR) is 113 cm³/mol. The second kappa shape index (κ2) is 7.86. The molecule has 0 saturated carbocycles. The first-order valence-electron chi connectivity index (χ1n) is 9.01. The molecule has 0 bridgehead atoms. The van der Waals surface area contributed by atoms with Gasteiger partial charge in [0.05, 0.1) is 5.56 Å². The van der Waals surface area contributed by atoms with Crippen LogP contribution >= 0.6 is 0 Å². The molecular formula is C24H17N2O3. The molecule has 0 spiro atoms. The van der Waals surface area contributed by atoms with Gasteiger partial charge in [0.2, 0.25) is 0 Å². The van der Waals surface area contributed by atoms with Crippen LogP contribution in [0.3, 0.4) is 0 Å². The van der Waals surface area contributed by atoms with Gasteiger partial charge in [-0.15, -0.1) is 0 Å². The molecular weight excluding hydrogens is 364 g/mol. The zero-order chi connectivity index (χ0) is 20.2. The summed E-state index contributed by atoms with van der Waals surface area (Å²) in [5.41, 5.74) is 1.88. The molecule has 3 N–H and O–H groups in total. The van der Waals surface area contributed by atoms with Gasteiger partial charge < -0.3 is 15.7 Å². The molecule has 0 fully saturated rings. The van der Waals surface area contributed by atoms with Gasteiger partial charge in [-0.1, -0.05) is 36.4 Å². The van der Waals surface area contributed by atoms with Crippen molar-refractivity contribution in [3.63, 3.8) is 0 Å². The van der Waals surface area contributed by atoms with Gasteiger partial charge in [0, 0.05) is 16.9 Å². The molecule has 141 valence electrons. The highest BCUT2D eigenvalue weighted by molar-refractivity contribution is 6.10. The van der Waals surface area contributed by atoms with Crippen molar-refractivity contribution < 1.29 is 14.7 Å². The number of carbonyl (C=O) groups is 2. The van der Waals surface area contributed by atoms with Crippen LogP contribution in [0.5, 0.6) is 5.75 Å². The van der Waals surface area contributed by atoms with Crippen molar-refractivity contribution in [3.8, 4) is 5.75 Å². The number of anilines is 2. The molecule has 0 aliphatic heterocycles. The number of aromatic hydroxyl groups is 1. The van der Waals surface area contributed by atoms with E-state index in [1.54, 1.807) is 60.7 Å². The zero-order valence-corrected chi connectivity index (χ0v) is 15.3. The second-order valence-corrected chi connectivity index (χ2v) is 6.49. The van der Waals surface area contributed by atoms with Gasteiger partial charge >= 0.3 is 0 Å².